The van der Waals surface area contributed by atoms with E-state index in [0.717, 1.165) is 19.3 Å². The largest absolute Gasteiger partial charge is 0.467 e. The molecule has 0 aromatic carbocycles. The lowest BCUT2D eigenvalue weighted by molar-refractivity contribution is -0.120. The van der Waals surface area contributed by atoms with Crippen molar-refractivity contribution in [2.24, 2.45) is 0 Å². The van der Waals surface area contributed by atoms with E-state index in [1.54, 1.807) is 18.4 Å². The highest BCUT2D eigenvalue weighted by Crippen LogP contribution is 2.19. The van der Waals surface area contributed by atoms with E-state index >= 15 is 0 Å². The predicted octanol–water partition coefficient (Wildman–Crippen LogP) is 2.09. The topological polar surface area (TPSA) is 83.4 Å². The first-order valence-corrected chi connectivity index (χ1v) is 7.73. The molecule has 0 fully saturated rings. The molecule has 120 valence electrons. The van der Waals surface area contributed by atoms with Crippen molar-refractivity contribution >= 4 is 11.9 Å². The summed E-state index contributed by atoms with van der Waals surface area (Å²) in [6.07, 6.45) is 9.51. The molecular weight excluding hydrogens is 282 g/mol. The van der Waals surface area contributed by atoms with Gasteiger partial charge in [0.25, 0.3) is 0 Å². The minimum absolute atomic E-state index is 0.0464. The summed E-state index contributed by atoms with van der Waals surface area (Å²) in [6.45, 7) is 0.879. The average molecular weight is 305 g/mol. The smallest absolute Gasteiger partial charge is 0.315 e. The van der Waals surface area contributed by atoms with Crippen LogP contribution >= 0.6 is 0 Å². The van der Waals surface area contributed by atoms with E-state index in [1.165, 1.54) is 18.4 Å². The Morgan fingerprint density at radius 2 is 2.09 bits per heavy atom. The average Bonchev–Trinajstić information content (AvgIpc) is 3.05. The van der Waals surface area contributed by atoms with E-state index in [4.69, 9.17) is 4.42 Å². The molecule has 1 heterocycles. The van der Waals surface area contributed by atoms with Crippen molar-refractivity contribution in [1.82, 2.24) is 16.0 Å². The molecule has 1 aromatic rings. The standard InChI is InChI=1S/C16H23N3O3/c20-15(18-11-14-7-4-10-22-14)12-19-16(21)17-9-8-13-5-2-1-3-6-13/h4-5,7,10H,1-3,6,8-9,11-12H2,(H,18,20)(H2,17,19,21). The third-order valence-corrected chi connectivity index (χ3v) is 3.57. The number of allylic oxidation sites excluding steroid dienone is 1. The molecule has 3 amide bonds. The molecule has 1 aliphatic rings. The first kappa shape index (κ1) is 16.1. The Kier molecular flexibility index (Phi) is 6.54. The summed E-state index contributed by atoms with van der Waals surface area (Å²) in [5, 5.41) is 7.97. The van der Waals surface area contributed by atoms with Gasteiger partial charge in [0.05, 0.1) is 19.4 Å². The van der Waals surface area contributed by atoms with Gasteiger partial charge in [-0.25, -0.2) is 4.79 Å². The van der Waals surface area contributed by atoms with Crippen molar-refractivity contribution in [3.05, 3.63) is 35.8 Å². The van der Waals surface area contributed by atoms with Crippen LogP contribution in [0.4, 0.5) is 4.79 Å². The van der Waals surface area contributed by atoms with Crippen LogP contribution in [0, 0.1) is 0 Å². The van der Waals surface area contributed by atoms with Crippen molar-refractivity contribution in [3.63, 3.8) is 0 Å². The Morgan fingerprint density at radius 3 is 2.82 bits per heavy atom. The summed E-state index contributed by atoms with van der Waals surface area (Å²) < 4.78 is 5.10. The van der Waals surface area contributed by atoms with Crippen LogP contribution in [0.2, 0.25) is 0 Å². The fourth-order valence-electron chi connectivity index (χ4n) is 2.35. The molecule has 1 aromatic heterocycles. The zero-order chi connectivity index (χ0) is 15.6. The second-order valence-corrected chi connectivity index (χ2v) is 5.32. The number of hydrogen-bond donors (Lipinski definition) is 3. The van der Waals surface area contributed by atoms with Gasteiger partial charge in [0.1, 0.15) is 5.76 Å². The molecule has 0 bridgehead atoms. The fourth-order valence-corrected chi connectivity index (χ4v) is 2.35. The maximum Gasteiger partial charge on any atom is 0.315 e. The van der Waals surface area contributed by atoms with Crippen LogP contribution < -0.4 is 16.0 Å². The van der Waals surface area contributed by atoms with Crippen molar-refractivity contribution in [2.75, 3.05) is 13.1 Å². The molecule has 22 heavy (non-hydrogen) atoms. The number of nitrogens with one attached hydrogen (secondary N) is 3. The van der Waals surface area contributed by atoms with Gasteiger partial charge >= 0.3 is 6.03 Å². The van der Waals surface area contributed by atoms with E-state index in [0.29, 0.717) is 18.8 Å². The quantitative estimate of drug-likeness (QED) is 0.674. The van der Waals surface area contributed by atoms with Crippen LogP contribution in [-0.4, -0.2) is 25.0 Å². The first-order valence-electron chi connectivity index (χ1n) is 7.73. The third-order valence-electron chi connectivity index (χ3n) is 3.57. The molecule has 0 saturated heterocycles. The van der Waals surface area contributed by atoms with Crippen molar-refractivity contribution in [2.45, 2.75) is 38.6 Å². The van der Waals surface area contributed by atoms with Gasteiger partial charge in [0.2, 0.25) is 5.91 Å². The Hall–Kier alpha value is -2.24. The maximum atomic E-state index is 11.6. The van der Waals surface area contributed by atoms with Crippen LogP contribution in [0.3, 0.4) is 0 Å². The van der Waals surface area contributed by atoms with Crippen LogP contribution in [-0.2, 0) is 11.3 Å². The van der Waals surface area contributed by atoms with Crippen molar-refractivity contribution in [1.29, 1.82) is 0 Å². The molecule has 0 aliphatic heterocycles. The summed E-state index contributed by atoms with van der Waals surface area (Å²) >= 11 is 0. The van der Waals surface area contributed by atoms with Gasteiger partial charge in [-0.3, -0.25) is 4.79 Å². The van der Waals surface area contributed by atoms with E-state index in [2.05, 4.69) is 22.0 Å². The zero-order valence-corrected chi connectivity index (χ0v) is 12.7. The molecule has 0 atom stereocenters. The number of hydrogen-bond acceptors (Lipinski definition) is 3. The normalized spacial score (nSPS) is 14.1. The molecule has 0 unspecified atom stereocenters. The molecule has 6 heteroatoms. The highest BCUT2D eigenvalue weighted by molar-refractivity contribution is 5.83. The lowest BCUT2D eigenvalue weighted by atomic mass is 9.97. The lowest BCUT2D eigenvalue weighted by Gasteiger charge is -2.13. The van der Waals surface area contributed by atoms with E-state index < -0.39 is 0 Å². The molecule has 0 saturated carbocycles. The highest BCUT2D eigenvalue weighted by Gasteiger charge is 2.07. The number of rotatable bonds is 7. The van der Waals surface area contributed by atoms with Gasteiger partial charge in [-0.1, -0.05) is 11.6 Å². The summed E-state index contributed by atoms with van der Waals surface area (Å²) in [4.78, 5) is 23.1. The molecular formula is C16H23N3O3. The number of carbonyl (C=O) groups is 2. The number of furan rings is 1. The SMILES string of the molecule is O=C(CNC(=O)NCCC1=CCCCC1)NCc1ccco1. The van der Waals surface area contributed by atoms with E-state index in [1.807, 2.05) is 0 Å². The molecule has 1 aliphatic carbocycles. The van der Waals surface area contributed by atoms with Crippen LogP contribution in [0.1, 0.15) is 37.9 Å². The van der Waals surface area contributed by atoms with Gasteiger partial charge < -0.3 is 20.4 Å². The number of carbonyl (C=O) groups excluding carboxylic acids is 2. The Labute approximate surface area is 130 Å². The maximum absolute atomic E-state index is 11.6. The minimum atomic E-state index is -0.315. The number of urea groups is 1. The molecule has 2 rings (SSSR count). The predicted molar refractivity (Wildman–Crippen MR) is 83.1 cm³/mol. The van der Waals surface area contributed by atoms with E-state index in [9.17, 15) is 9.59 Å². The monoisotopic (exact) mass is 305 g/mol. The molecule has 3 N–H and O–H groups in total. The summed E-state index contributed by atoms with van der Waals surface area (Å²) in [5.41, 5.74) is 1.42. The first-order chi connectivity index (χ1) is 10.7. The Balaban J connectivity index is 1.53. The van der Waals surface area contributed by atoms with Crippen LogP contribution in [0.15, 0.2) is 34.5 Å². The van der Waals surface area contributed by atoms with Crippen LogP contribution in [0.25, 0.3) is 0 Å². The van der Waals surface area contributed by atoms with Crippen LogP contribution in [0.5, 0.6) is 0 Å². The minimum Gasteiger partial charge on any atom is -0.467 e. The molecule has 0 spiro atoms. The van der Waals surface area contributed by atoms with Crippen molar-refractivity contribution < 1.29 is 14.0 Å². The van der Waals surface area contributed by atoms with Gasteiger partial charge in [-0.05, 0) is 44.2 Å². The number of amides is 3. The third kappa shape index (κ3) is 6.03. The van der Waals surface area contributed by atoms with Gasteiger partial charge in [-0.2, -0.15) is 0 Å². The Morgan fingerprint density at radius 1 is 1.18 bits per heavy atom. The summed E-state index contributed by atoms with van der Waals surface area (Å²) in [6, 6.07) is 3.22. The summed E-state index contributed by atoms with van der Waals surface area (Å²) in [7, 11) is 0. The summed E-state index contributed by atoms with van der Waals surface area (Å²) in [5.74, 6) is 0.431. The molecule has 6 nitrogen and oxygen atoms in total. The second-order valence-electron chi connectivity index (χ2n) is 5.32. The fraction of sp³-hybridized carbons (Fsp3) is 0.500. The zero-order valence-electron chi connectivity index (χ0n) is 12.7. The van der Waals surface area contributed by atoms with Crippen molar-refractivity contribution in [3.8, 4) is 0 Å². The lowest BCUT2D eigenvalue weighted by Crippen LogP contribution is -2.42. The van der Waals surface area contributed by atoms with E-state index in [-0.39, 0.29) is 18.5 Å². The highest BCUT2D eigenvalue weighted by atomic mass is 16.3. The second kappa shape index (κ2) is 8.92. The van der Waals surface area contributed by atoms with Gasteiger partial charge in [0, 0.05) is 6.54 Å². The van der Waals surface area contributed by atoms with Gasteiger partial charge in [-0.15, -0.1) is 0 Å². The van der Waals surface area contributed by atoms with Gasteiger partial charge in [0.15, 0.2) is 0 Å². The molecule has 0 radical (unpaired) electrons. The Bertz CT molecular complexity index is 509.